The third-order valence-corrected chi connectivity index (χ3v) is 0. The van der Waals surface area contributed by atoms with Crippen molar-refractivity contribution in [2.75, 3.05) is 0 Å². The molecule has 31 valence electrons. The van der Waals surface area contributed by atoms with Crippen molar-refractivity contribution in [1.29, 1.82) is 5.26 Å². The average Bonchev–Trinajstić information content (AvgIpc) is 1.00. The first-order valence-electron chi connectivity index (χ1n) is 0.258. The van der Waals surface area contributed by atoms with Crippen LogP contribution in [0.1, 0.15) is 0 Å². The van der Waals surface area contributed by atoms with Gasteiger partial charge in [0.2, 0.25) is 0 Å². The van der Waals surface area contributed by atoms with E-state index in [0.29, 0.717) is 0 Å². The molecule has 0 bridgehead atoms. The van der Waals surface area contributed by atoms with Crippen molar-refractivity contribution in [1.82, 2.24) is 0 Å². The SMILES string of the molecule is C#N.Cl.[Au].[KH]. The Balaban J connectivity index is -0.00000000167. The first kappa shape index (κ1) is 27.2. The van der Waals surface area contributed by atoms with Gasteiger partial charge in [0.1, 0.15) is 0 Å². The fourth-order valence-corrected chi connectivity index (χ4v) is 0. The molecule has 0 aromatic carbocycles. The molecule has 0 spiro atoms. The van der Waals surface area contributed by atoms with E-state index in [-0.39, 0.29) is 86.2 Å². The van der Waals surface area contributed by atoms with E-state index in [0.717, 1.165) is 0 Å². The van der Waals surface area contributed by atoms with Crippen molar-refractivity contribution in [2.24, 2.45) is 0 Å². The summed E-state index contributed by atoms with van der Waals surface area (Å²) in [5.41, 5.74) is 0. The maximum absolute atomic E-state index is 6.50. The van der Waals surface area contributed by atoms with Crippen LogP contribution in [0.5, 0.6) is 0 Å². The van der Waals surface area contributed by atoms with Crippen molar-refractivity contribution in [3.63, 3.8) is 0 Å². The molecule has 0 N–H and O–H groups in total. The van der Waals surface area contributed by atoms with Crippen LogP contribution in [0.25, 0.3) is 0 Å². The molecule has 0 aliphatic rings. The molecule has 0 heterocycles. The van der Waals surface area contributed by atoms with Crippen molar-refractivity contribution in [3.05, 3.63) is 0 Å². The Kier molecular flexibility index (Phi) is 192. The van der Waals surface area contributed by atoms with Gasteiger partial charge in [0.25, 0.3) is 0 Å². The second-order valence-electron chi connectivity index (χ2n) is 0. The average molecular weight is 301 g/mol. The van der Waals surface area contributed by atoms with Gasteiger partial charge in [0, 0.05) is 29.0 Å². The normalized spacial score (nSPS) is 0.400. The molecule has 0 saturated heterocycles. The predicted molar refractivity (Wildman–Crippen MR) is 21.1 cm³/mol. The van der Waals surface area contributed by atoms with Crippen molar-refractivity contribution in [3.8, 4) is 6.57 Å². The zero-order chi connectivity index (χ0) is 2.00. The Morgan fingerprint density at radius 1 is 1.20 bits per heavy atom. The van der Waals surface area contributed by atoms with Crippen LogP contribution in [0.15, 0.2) is 0 Å². The van der Waals surface area contributed by atoms with E-state index in [4.69, 9.17) is 5.26 Å². The van der Waals surface area contributed by atoms with Crippen LogP contribution in [0, 0.1) is 11.8 Å². The van der Waals surface area contributed by atoms with Gasteiger partial charge in [-0.2, -0.15) is 0 Å². The number of rotatable bonds is 0. The summed E-state index contributed by atoms with van der Waals surface area (Å²) in [5.74, 6) is 0. The zero-order valence-electron chi connectivity index (χ0n) is 1.73. The Hall–Kier alpha value is 2.16. The van der Waals surface area contributed by atoms with Gasteiger partial charge in [0.05, 0.1) is 0 Å². The van der Waals surface area contributed by atoms with E-state index in [1.54, 1.807) is 0 Å². The molecule has 0 atom stereocenters. The van der Waals surface area contributed by atoms with Crippen LogP contribution < -0.4 is 0 Å². The Morgan fingerprint density at radius 2 is 1.20 bits per heavy atom. The summed E-state index contributed by atoms with van der Waals surface area (Å²) in [6.45, 7) is 3.50. The number of nitriles is 1. The van der Waals surface area contributed by atoms with Crippen LogP contribution in [-0.4, -0.2) is 51.4 Å². The van der Waals surface area contributed by atoms with Crippen LogP contribution in [0.4, 0.5) is 0 Å². The minimum atomic E-state index is 0. The number of hydrogen-bond donors (Lipinski definition) is 0. The van der Waals surface area contributed by atoms with Crippen molar-refractivity contribution in [2.45, 2.75) is 0 Å². The molecule has 0 fully saturated rings. The van der Waals surface area contributed by atoms with E-state index in [1.807, 2.05) is 0 Å². The second kappa shape index (κ2) is 35.2. The Bertz CT molecular complexity index is 16.4. The third kappa shape index (κ3) is 22.9. The van der Waals surface area contributed by atoms with Crippen LogP contribution in [0.3, 0.4) is 0 Å². The summed E-state index contributed by atoms with van der Waals surface area (Å²) in [7, 11) is 0. The molecule has 5 heavy (non-hydrogen) atoms. The minimum absolute atomic E-state index is 0. The van der Waals surface area contributed by atoms with Crippen LogP contribution in [-0.2, 0) is 22.4 Å². The summed E-state index contributed by atoms with van der Waals surface area (Å²) in [5, 5.41) is 6.50. The van der Waals surface area contributed by atoms with Gasteiger partial charge >= 0.3 is 51.4 Å². The predicted octanol–water partition coefficient (Wildman–Crippen LogP) is -0.0894. The van der Waals surface area contributed by atoms with E-state index in [1.165, 1.54) is 0 Å². The molecule has 1 nitrogen and oxygen atoms in total. The zero-order valence-corrected chi connectivity index (χ0v) is 4.72. The second-order valence-corrected chi connectivity index (χ2v) is 0. The summed E-state index contributed by atoms with van der Waals surface area (Å²) >= 11 is 0. The molecule has 0 saturated carbocycles. The number of halogens is 1. The van der Waals surface area contributed by atoms with E-state index < -0.39 is 0 Å². The molecule has 0 aliphatic carbocycles. The summed E-state index contributed by atoms with van der Waals surface area (Å²) in [6, 6.07) is 0. The number of nitrogens with zero attached hydrogens (tertiary/aromatic N) is 1. The van der Waals surface area contributed by atoms with E-state index in [2.05, 4.69) is 6.57 Å². The molecular weight excluding hydrogens is 298 g/mol. The van der Waals surface area contributed by atoms with Gasteiger partial charge in [0.15, 0.2) is 0 Å². The molecule has 0 aromatic rings. The molecule has 0 aromatic heterocycles. The maximum atomic E-state index is 6.50. The molecule has 4 heteroatoms. The Labute approximate surface area is 95.8 Å². The van der Waals surface area contributed by atoms with Crippen LogP contribution in [0.2, 0.25) is 0 Å². The first-order valence-corrected chi connectivity index (χ1v) is 0.258. The van der Waals surface area contributed by atoms with Gasteiger partial charge in [-0.15, -0.1) is 12.4 Å². The van der Waals surface area contributed by atoms with Gasteiger partial charge in [-0.3, -0.25) is 0 Å². The molecule has 0 rings (SSSR count). The molecule has 0 unspecified atom stereocenters. The fraction of sp³-hybridized carbons (Fsp3) is 0. The van der Waals surface area contributed by atoms with Crippen LogP contribution >= 0.6 is 12.4 Å². The summed E-state index contributed by atoms with van der Waals surface area (Å²) in [4.78, 5) is 0. The summed E-state index contributed by atoms with van der Waals surface area (Å²) in [6.07, 6.45) is 0. The van der Waals surface area contributed by atoms with E-state index in [9.17, 15) is 0 Å². The Morgan fingerprint density at radius 3 is 1.20 bits per heavy atom. The van der Waals surface area contributed by atoms with Gasteiger partial charge in [-0.05, 0) is 0 Å². The number of hydrogen-bond acceptors (Lipinski definition) is 1. The quantitative estimate of drug-likeness (QED) is 0.574. The van der Waals surface area contributed by atoms with E-state index >= 15 is 0 Å². The molecule has 0 amide bonds. The fourth-order valence-electron chi connectivity index (χ4n) is 0. The van der Waals surface area contributed by atoms with Gasteiger partial charge in [-0.25, -0.2) is 5.26 Å². The standard InChI is InChI=1S/CHN.Au.ClH.K.H/c1-2;;;;/h1H;;1H;;. The van der Waals surface area contributed by atoms with Crippen molar-refractivity contribution < 1.29 is 22.4 Å². The summed E-state index contributed by atoms with van der Waals surface area (Å²) < 4.78 is 0. The first-order chi connectivity index (χ1) is 1.00. The molecule has 0 aliphatic heterocycles. The van der Waals surface area contributed by atoms with Gasteiger partial charge in [-0.1, -0.05) is 0 Å². The molecule has 1 radical (unpaired) electrons. The monoisotopic (exact) mass is 300 g/mol. The topological polar surface area (TPSA) is 23.8 Å². The third-order valence-electron chi connectivity index (χ3n) is 0. The molecular formula is CH3AuClKN. The van der Waals surface area contributed by atoms with Gasteiger partial charge < -0.3 is 0 Å². The van der Waals surface area contributed by atoms with Crippen molar-refractivity contribution >= 4 is 63.8 Å².